The van der Waals surface area contributed by atoms with Crippen LogP contribution >= 0.6 is 0 Å². The van der Waals surface area contributed by atoms with Gasteiger partial charge in [0.2, 0.25) is 10.0 Å². The van der Waals surface area contributed by atoms with E-state index in [0.717, 1.165) is 29.5 Å². The summed E-state index contributed by atoms with van der Waals surface area (Å²) in [4.78, 5) is 12.8. The predicted molar refractivity (Wildman–Crippen MR) is 117 cm³/mol. The summed E-state index contributed by atoms with van der Waals surface area (Å²) in [6.07, 6.45) is 2.70. The van der Waals surface area contributed by atoms with Gasteiger partial charge in [0, 0.05) is 12.1 Å². The minimum absolute atomic E-state index is 0.267. The molecule has 1 N–H and O–H groups in total. The van der Waals surface area contributed by atoms with Crippen LogP contribution < -0.4 is 9.62 Å². The average molecular weight is 407 g/mol. The Morgan fingerprint density at radius 3 is 2.24 bits per heavy atom. The summed E-state index contributed by atoms with van der Waals surface area (Å²) in [5.74, 6) is -0.267. The summed E-state index contributed by atoms with van der Waals surface area (Å²) in [5.41, 5.74) is 4.49. The highest BCUT2D eigenvalue weighted by Crippen LogP contribution is 2.40. The molecule has 4 rings (SSSR count). The lowest BCUT2D eigenvalue weighted by molar-refractivity contribution is 0.102. The Bertz CT molecular complexity index is 1140. The number of aryl methyl sites for hydroxylation is 1. The van der Waals surface area contributed by atoms with Crippen molar-refractivity contribution in [2.24, 2.45) is 0 Å². The van der Waals surface area contributed by atoms with E-state index in [2.05, 4.69) is 5.32 Å². The SMILES string of the molecule is CS(=O)(=O)N1CCCc2cc(-c3ccccc3)cc(NC(=O)c3ccccc3)c21. The lowest BCUT2D eigenvalue weighted by atomic mass is 9.95. The Hall–Kier alpha value is -3.12. The smallest absolute Gasteiger partial charge is 0.255 e. The molecule has 0 radical (unpaired) electrons. The second-order valence-corrected chi connectivity index (χ2v) is 9.06. The van der Waals surface area contributed by atoms with Gasteiger partial charge in [-0.2, -0.15) is 0 Å². The van der Waals surface area contributed by atoms with E-state index in [1.807, 2.05) is 48.5 Å². The van der Waals surface area contributed by atoms with Gasteiger partial charge in [-0.05, 0) is 53.8 Å². The minimum atomic E-state index is -3.46. The molecule has 0 unspecified atom stereocenters. The zero-order valence-corrected chi connectivity index (χ0v) is 16.9. The number of nitrogens with zero attached hydrogens (tertiary/aromatic N) is 1. The first-order chi connectivity index (χ1) is 13.9. The van der Waals surface area contributed by atoms with Crippen molar-refractivity contribution < 1.29 is 13.2 Å². The first-order valence-corrected chi connectivity index (χ1v) is 11.3. The van der Waals surface area contributed by atoms with E-state index in [9.17, 15) is 13.2 Å². The first kappa shape index (κ1) is 19.2. The van der Waals surface area contributed by atoms with E-state index in [0.29, 0.717) is 23.5 Å². The van der Waals surface area contributed by atoms with Gasteiger partial charge in [-0.3, -0.25) is 9.10 Å². The largest absolute Gasteiger partial charge is 0.320 e. The summed E-state index contributed by atoms with van der Waals surface area (Å²) in [6, 6.07) is 22.7. The monoisotopic (exact) mass is 406 g/mol. The van der Waals surface area contributed by atoms with Crippen LogP contribution in [-0.4, -0.2) is 27.1 Å². The Labute approximate surface area is 171 Å². The number of benzene rings is 3. The van der Waals surface area contributed by atoms with Gasteiger partial charge in [0.1, 0.15) is 0 Å². The number of fused-ring (bicyclic) bond motifs is 1. The third-order valence-corrected chi connectivity index (χ3v) is 6.20. The molecule has 1 aliphatic rings. The lowest BCUT2D eigenvalue weighted by Gasteiger charge is -2.32. The summed E-state index contributed by atoms with van der Waals surface area (Å²) in [7, 11) is -3.46. The lowest BCUT2D eigenvalue weighted by Crippen LogP contribution is -2.35. The number of carbonyl (C=O) groups is 1. The van der Waals surface area contributed by atoms with Gasteiger partial charge in [-0.15, -0.1) is 0 Å². The molecule has 3 aromatic carbocycles. The first-order valence-electron chi connectivity index (χ1n) is 9.50. The molecule has 5 nitrogen and oxygen atoms in total. The van der Waals surface area contributed by atoms with Crippen LogP contribution in [0.2, 0.25) is 0 Å². The normalized spacial score (nSPS) is 13.6. The van der Waals surface area contributed by atoms with E-state index in [1.165, 1.54) is 10.6 Å². The van der Waals surface area contributed by atoms with Gasteiger partial charge in [0.25, 0.3) is 5.91 Å². The van der Waals surface area contributed by atoms with Gasteiger partial charge < -0.3 is 5.32 Å². The van der Waals surface area contributed by atoms with Crippen molar-refractivity contribution >= 4 is 27.3 Å². The molecule has 0 bridgehead atoms. The molecule has 0 saturated carbocycles. The van der Waals surface area contributed by atoms with E-state index in [4.69, 9.17) is 0 Å². The maximum Gasteiger partial charge on any atom is 0.255 e. The molecular formula is C23H22N2O3S. The van der Waals surface area contributed by atoms with Crippen LogP contribution in [0.25, 0.3) is 11.1 Å². The van der Waals surface area contributed by atoms with Crippen molar-refractivity contribution in [2.75, 3.05) is 22.4 Å². The number of anilines is 2. The zero-order chi connectivity index (χ0) is 20.4. The fraction of sp³-hybridized carbons (Fsp3) is 0.174. The third kappa shape index (κ3) is 4.03. The molecule has 0 fully saturated rings. The van der Waals surface area contributed by atoms with Gasteiger partial charge in [-0.25, -0.2) is 8.42 Å². The Balaban J connectivity index is 1.85. The quantitative estimate of drug-likeness (QED) is 0.702. The molecular weight excluding hydrogens is 384 g/mol. The summed E-state index contributed by atoms with van der Waals surface area (Å²) in [5, 5.41) is 2.95. The van der Waals surface area contributed by atoms with Gasteiger partial charge in [-0.1, -0.05) is 48.5 Å². The third-order valence-electron chi connectivity index (χ3n) is 5.04. The van der Waals surface area contributed by atoms with E-state index in [1.54, 1.807) is 24.3 Å². The predicted octanol–water partition coefficient (Wildman–Crippen LogP) is 4.32. The van der Waals surface area contributed by atoms with E-state index >= 15 is 0 Å². The highest BCUT2D eigenvalue weighted by molar-refractivity contribution is 7.92. The Morgan fingerprint density at radius 2 is 1.59 bits per heavy atom. The maximum absolute atomic E-state index is 12.8. The topological polar surface area (TPSA) is 66.5 Å². The Kier molecular flexibility index (Phi) is 5.11. The number of sulfonamides is 1. The number of nitrogens with one attached hydrogen (secondary N) is 1. The minimum Gasteiger partial charge on any atom is -0.320 e. The summed E-state index contributed by atoms with van der Waals surface area (Å²) in [6.45, 7) is 0.407. The van der Waals surface area contributed by atoms with Crippen molar-refractivity contribution in [3.63, 3.8) is 0 Å². The van der Waals surface area contributed by atoms with E-state index < -0.39 is 10.0 Å². The Morgan fingerprint density at radius 1 is 0.931 bits per heavy atom. The number of carbonyl (C=O) groups excluding carboxylic acids is 1. The van der Waals surface area contributed by atoms with Crippen molar-refractivity contribution in [1.82, 2.24) is 0 Å². The van der Waals surface area contributed by atoms with Crippen LogP contribution in [0.15, 0.2) is 72.8 Å². The van der Waals surface area contributed by atoms with Crippen LogP contribution in [0.3, 0.4) is 0 Å². The zero-order valence-electron chi connectivity index (χ0n) is 16.1. The van der Waals surface area contributed by atoms with Crippen molar-refractivity contribution in [3.8, 4) is 11.1 Å². The molecule has 1 aliphatic heterocycles. The highest BCUT2D eigenvalue weighted by Gasteiger charge is 2.28. The molecule has 148 valence electrons. The molecule has 0 atom stereocenters. The van der Waals surface area contributed by atoms with Gasteiger partial charge in [0.05, 0.1) is 17.6 Å². The number of hydrogen-bond donors (Lipinski definition) is 1. The fourth-order valence-electron chi connectivity index (χ4n) is 3.71. The number of rotatable bonds is 4. The molecule has 0 aromatic heterocycles. The van der Waals surface area contributed by atoms with Crippen LogP contribution in [-0.2, 0) is 16.4 Å². The molecule has 0 saturated heterocycles. The summed E-state index contributed by atoms with van der Waals surface area (Å²) >= 11 is 0. The average Bonchev–Trinajstić information content (AvgIpc) is 2.73. The molecule has 1 amide bonds. The van der Waals surface area contributed by atoms with Crippen molar-refractivity contribution in [2.45, 2.75) is 12.8 Å². The van der Waals surface area contributed by atoms with Crippen molar-refractivity contribution in [3.05, 3.63) is 83.9 Å². The van der Waals surface area contributed by atoms with Crippen LogP contribution in [0.4, 0.5) is 11.4 Å². The standard InChI is InChI=1S/C23H22N2O3S/c1-29(27,28)25-14-8-13-19-15-20(17-9-4-2-5-10-17)16-21(22(19)25)24-23(26)18-11-6-3-7-12-18/h2-7,9-12,15-16H,8,13-14H2,1H3,(H,24,26). The second kappa shape index (κ2) is 7.72. The summed E-state index contributed by atoms with van der Waals surface area (Å²) < 4.78 is 26.3. The van der Waals surface area contributed by atoms with Gasteiger partial charge >= 0.3 is 0 Å². The molecule has 0 aliphatic carbocycles. The second-order valence-electron chi connectivity index (χ2n) is 7.16. The maximum atomic E-state index is 12.8. The molecule has 3 aromatic rings. The molecule has 29 heavy (non-hydrogen) atoms. The van der Waals surface area contributed by atoms with Gasteiger partial charge in [0.15, 0.2) is 0 Å². The van der Waals surface area contributed by atoms with Crippen LogP contribution in [0.1, 0.15) is 22.3 Å². The highest BCUT2D eigenvalue weighted by atomic mass is 32.2. The van der Waals surface area contributed by atoms with E-state index in [-0.39, 0.29) is 5.91 Å². The molecule has 6 heteroatoms. The van der Waals surface area contributed by atoms with Crippen molar-refractivity contribution in [1.29, 1.82) is 0 Å². The fourth-order valence-corrected chi connectivity index (χ4v) is 4.72. The van der Waals surface area contributed by atoms with Crippen LogP contribution in [0, 0.1) is 0 Å². The van der Waals surface area contributed by atoms with Crippen LogP contribution in [0.5, 0.6) is 0 Å². The number of amides is 1. The number of hydrogen-bond acceptors (Lipinski definition) is 3. The molecule has 1 heterocycles. The molecule has 0 spiro atoms.